The van der Waals surface area contributed by atoms with Crippen LogP contribution in [-0.4, -0.2) is 4.57 Å². The van der Waals surface area contributed by atoms with Gasteiger partial charge in [-0.1, -0.05) is 43.1 Å². The monoisotopic (exact) mass is 403 g/mol. The Morgan fingerprint density at radius 1 is 1.33 bits per heavy atom. The van der Waals surface area contributed by atoms with E-state index in [0.717, 1.165) is 5.69 Å². The number of rotatable bonds is 3. The molecule has 2 aromatic rings. The summed E-state index contributed by atoms with van der Waals surface area (Å²) in [5.74, 6) is -0.112. The molecule has 140 valence electrons. The predicted octanol–water partition coefficient (Wildman–Crippen LogP) is 4.34. The van der Waals surface area contributed by atoms with Crippen LogP contribution in [0.5, 0.6) is 5.75 Å². The Bertz CT molecular complexity index is 1050. The minimum Gasteiger partial charge on any atom is -0.440 e. The molecule has 7 heteroatoms. The molecule has 0 radical (unpaired) electrons. The van der Waals surface area contributed by atoms with Crippen molar-refractivity contribution in [1.29, 1.82) is 5.26 Å². The highest BCUT2D eigenvalue weighted by Crippen LogP contribution is 2.43. The van der Waals surface area contributed by atoms with Gasteiger partial charge in [-0.15, -0.1) is 0 Å². The van der Waals surface area contributed by atoms with Crippen LogP contribution in [0.4, 0.5) is 0 Å². The highest BCUT2D eigenvalue weighted by atomic mass is 35.5. The number of nitriles is 1. The van der Waals surface area contributed by atoms with Crippen LogP contribution in [0.15, 0.2) is 40.5 Å². The number of aromatic nitrogens is 1. The summed E-state index contributed by atoms with van der Waals surface area (Å²) < 4.78 is 7.32. The van der Waals surface area contributed by atoms with E-state index in [9.17, 15) is 10.1 Å². The highest BCUT2D eigenvalue weighted by Gasteiger charge is 2.35. The molecule has 0 spiro atoms. The zero-order chi connectivity index (χ0) is 19.9. The van der Waals surface area contributed by atoms with Crippen molar-refractivity contribution in [3.8, 4) is 11.8 Å². The standard InChI is InChI=1S/C20H19Cl2N3O2/c1-10(2)9-25-11(3)6-16-18(20(25)26)17(14(8-23)19(24)27-16)13-5-4-12(21)7-15(13)22/h4-7,10,17H,9,24H2,1-3H3/t17-/m1/s1. The van der Waals surface area contributed by atoms with E-state index in [0.29, 0.717) is 33.5 Å². The second-order valence-electron chi connectivity index (χ2n) is 6.96. The number of hydrogen-bond donors (Lipinski definition) is 1. The molecule has 3 rings (SSSR count). The summed E-state index contributed by atoms with van der Waals surface area (Å²) in [6.07, 6.45) is 0. The molecule has 1 atom stereocenters. The Morgan fingerprint density at radius 3 is 2.63 bits per heavy atom. The summed E-state index contributed by atoms with van der Waals surface area (Å²) in [6.45, 7) is 6.47. The van der Waals surface area contributed by atoms with E-state index in [2.05, 4.69) is 6.07 Å². The van der Waals surface area contributed by atoms with E-state index >= 15 is 0 Å². The number of ether oxygens (including phenoxy) is 1. The fourth-order valence-electron chi connectivity index (χ4n) is 3.32. The fourth-order valence-corrected chi connectivity index (χ4v) is 3.84. The number of nitrogens with two attached hydrogens (primary N) is 1. The van der Waals surface area contributed by atoms with Gasteiger partial charge in [0, 0.05) is 28.4 Å². The smallest absolute Gasteiger partial charge is 0.258 e. The maximum atomic E-state index is 13.3. The van der Waals surface area contributed by atoms with Gasteiger partial charge >= 0.3 is 0 Å². The van der Waals surface area contributed by atoms with Gasteiger partial charge in [0.2, 0.25) is 5.88 Å². The van der Waals surface area contributed by atoms with Crippen molar-refractivity contribution in [3.05, 3.63) is 72.9 Å². The number of aryl methyl sites for hydroxylation is 1. The maximum absolute atomic E-state index is 13.3. The van der Waals surface area contributed by atoms with Gasteiger partial charge in [-0.3, -0.25) is 4.79 Å². The first-order valence-corrected chi connectivity index (χ1v) is 9.27. The number of hydrogen-bond acceptors (Lipinski definition) is 4. The van der Waals surface area contributed by atoms with Crippen molar-refractivity contribution in [2.45, 2.75) is 33.2 Å². The Labute approximate surface area is 167 Å². The number of nitrogens with zero attached hydrogens (tertiary/aromatic N) is 2. The molecular formula is C20H19Cl2N3O2. The van der Waals surface area contributed by atoms with Crippen LogP contribution < -0.4 is 16.0 Å². The lowest BCUT2D eigenvalue weighted by Crippen LogP contribution is -2.33. The second kappa shape index (κ2) is 7.30. The third-order valence-corrected chi connectivity index (χ3v) is 5.07. The van der Waals surface area contributed by atoms with Crippen molar-refractivity contribution >= 4 is 23.2 Å². The number of pyridine rings is 1. The lowest BCUT2D eigenvalue weighted by Gasteiger charge is -2.28. The first-order valence-electron chi connectivity index (χ1n) is 8.51. The van der Waals surface area contributed by atoms with Crippen molar-refractivity contribution in [2.24, 2.45) is 11.7 Å². The molecule has 2 heterocycles. The van der Waals surface area contributed by atoms with Gasteiger partial charge in [0.25, 0.3) is 5.56 Å². The van der Waals surface area contributed by atoms with E-state index in [1.165, 1.54) is 0 Å². The number of benzene rings is 1. The Balaban J connectivity index is 2.34. The summed E-state index contributed by atoms with van der Waals surface area (Å²) >= 11 is 12.4. The van der Waals surface area contributed by atoms with Crippen molar-refractivity contribution < 1.29 is 4.74 Å². The molecule has 1 aliphatic heterocycles. The third-order valence-electron chi connectivity index (χ3n) is 4.51. The van der Waals surface area contributed by atoms with E-state index in [1.54, 1.807) is 28.8 Å². The summed E-state index contributed by atoms with van der Waals surface area (Å²) in [7, 11) is 0. The average molecular weight is 404 g/mol. The summed E-state index contributed by atoms with van der Waals surface area (Å²) in [5, 5.41) is 10.5. The largest absolute Gasteiger partial charge is 0.440 e. The first kappa shape index (κ1) is 19.3. The normalized spacial score (nSPS) is 16.1. The fraction of sp³-hybridized carbons (Fsp3) is 0.300. The molecule has 1 aliphatic rings. The minimum atomic E-state index is -0.713. The van der Waals surface area contributed by atoms with Crippen LogP contribution in [0, 0.1) is 24.2 Å². The molecule has 1 aromatic carbocycles. The van der Waals surface area contributed by atoms with Crippen LogP contribution in [0.3, 0.4) is 0 Å². The second-order valence-corrected chi connectivity index (χ2v) is 7.81. The highest BCUT2D eigenvalue weighted by molar-refractivity contribution is 6.35. The summed E-state index contributed by atoms with van der Waals surface area (Å²) in [6, 6.07) is 8.81. The zero-order valence-corrected chi connectivity index (χ0v) is 16.7. The average Bonchev–Trinajstić information content (AvgIpc) is 2.57. The Morgan fingerprint density at radius 2 is 2.04 bits per heavy atom. The minimum absolute atomic E-state index is 0.0265. The van der Waals surface area contributed by atoms with Gasteiger partial charge in [-0.05, 0) is 30.5 Å². The SMILES string of the molecule is Cc1cc2c(c(=O)n1CC(C)C)[C@H](c1ccc(Cl)cc1Cl)C(C#N)=C(N)O2. The molecular weight excluding hydrogens is 385 g/mol. The lowest BCUT2D eigenvalue weighted by molar-refractivity contribution is 0.386. The predicted molar refractivity (Wildman–Crippen MR) is 106 cm³/mol. The summed E-state index contributed by atoms with van der Waals surface area (Å²) in [4.78, 5) is 13.3. The molecule has 0 unspecified atom stereocenters. The molecule has 0 saturated carbocycles. The Kier molecular flexibility index (Phi) is 5.23. The molecule has 27 heavy (non-hydrogen) atoms. The van der Waals surface area contributed by atoms with Crippen LogP contribution in [0.25, 0.3) is 0 Å². The maximum Gasteiger partial charge on any atom is 0.258 e. The van der Waals surface area contributed by atoms with E-state index in [-0.39, 0.29) is 22.9 Å². The number of halogens is 2. The van der Waals surface area contributed by atoms with Crippen molar-refractivity contribution in [1.82, 2.24) is 4.57 Å². The molecule has 0 amide bonds. The van der Waals surface area contributed by atoms with Crippen molar-refractivity contribution in [2.75, 3.05) is 0 Å². The van der Waals surface area contributed by atoms with E-state index in [1.807, 2.05) is 20.8 Å². The molecule has 0 bridgehead atoms. The molecule has 1 aromatic heterocycles. The van der Waals surface area contributed by atoms with Gasteiger partial charge in [-0.25, -0.2) is 0 Å². The van der Waals surface area contributed by atoms with Gasteiger partial charge in [0.05, 0.1) is 11.5 Å². The van der Waals surface area contributed by atoms with Gasteiger partial charge in [0.15, 0.2) is 0 Å². The van der Waals surface area contributed by atoms with Crippen LogP contribution >= 0.6 is 23.2 Å². The third kappa shape index (κ3) is 3.43. The molecule has 0 fully saturated rings. The molecule has 0 saturated heterocycles. The molecule has 5 nitrogen and oxygen atoms in total. The van der Waals surface area contributed by atoms with Crippen LogP contribution in [-0.2, 0) is 6.54 Å². The van der Waals surface area contributed by atoms with Crippen LogP contribution in [0.2, 0.25) is 10.0 Å². The lowest BCUT2D eigenvalue weighted by atomic mass is 9.84. The van der Waals surface area contributed by atoms with Gasteiger partial charge < -0.3 is 15.0 Å². The van der Waals surface area contributed by atoms with Crippen LogP contribution in [0.1, 0.15) is 36.6 Å². The van der Waals surface area contributed by atoms with E-state index < -0.39 is 5.92 Å². The van der Waals surface area contributed by atoms with E-state index in [4.69, 9.17) is 33.7 Å². The van der Waals surface area contributed by atoms with Crippen molar-refractivity contribution in [3.63, 3.8) is 0 Å². The number of allylic oxidation sites excluding steroid dienone is 1. The zero-order valence-electron chi connectivity index (χ0n) is 15.2. The van der Waals surface area contributed by atoms with Gasteiger partial charge in [0.1, 0.15) is 17.4 Å². The first-order chi connectivity index (χ1) is 12.7. The quantitative estimate of drug-likeness (QED) is 0.825. The number of fused-ring (bicyclic) bond motifs is 1. The topological polar surface area (TPSA) is 81.0 Å². The Hall–Kier alpha value is -2.42. The molecule has 2 N–H and O–H groups in total. The summed E-state index contributed by atoms with van der Waals surface area (Å²) in [5.41, 5.74) is 7.64. The molecule has 0 aliphatic carbocycles. The van der Waals surface area contributed by atoms with Gasteiger partial charge in [-0.2, -0.15) is 5.26 Å².